The highest BCUT2D eigenvalue weighted by Gasteiger charge is 2.24. The lowest BCUT2D eigenvalue weighted by Crippen LogP contribution is -2.45. The van der Waals surface area contributed by atoms with Gasteiger partial charge in [-0.2, -0.15) is 0 Å². The zero-order valence-corrected chi connectivity index (χ0v) is 14.8. The molecular formula is C16H18N2O10. The molecule has 12 nitrogen and oxygen atoms in total. The van der Waals surface area contributed by atoms with E-state index in [1.165, 1.54) is 9.80 Å². The molecule has 2 aliphatic rings. The lowest BCUT2D eigenvalue weighted by Gasteiger charge is -2.25. The van der Waals surface area contributed by atoms with Gasteiger partial charge in [-0.3, -0.25) is 19.2 Å². The third-order valence-electron chi connectivity index (χ3n) is 3.63. The molecule has 0 atom stereocenters. The van der Waals surface area contributed by atoms with Crippen LogP contribution in [0.3, 0.4) is 0 Å². The molecule has 0 aromatic heterocycles. The van der Waals surface area contributed by atoms with Crippen LogP contribution < -0.4 is 0 Å². The maximum Gasteiger partial charge on any atom is 0.331 e. The summed E-state index contributed by atoms with van der Waals surface area (Å²) in [7, 11) is 0. The fourth-order valence-electron chi connectivity index (χ4n) is 2.21. The summed E-state index contributed by atoms with van der Waals surface area (Å²) < 4.78 is 18.7. The first kappa shape index (κ1) is 20.9. The van der Waals surface area contributed by atoms with Gasteiger partial charge in [0.25, 0.3) is 11.8 Å². The second-order valence-corrected chi connectivity index (χ2v) is 5.62. The minimum atomic E-state index is -0.977. The minimum Gasteiger partial charge on any atom is -0.462 e. The van der Waals surface area contributed by atoms with Crippen LogP contribution in [0.2, 0.25) is 0 Å². The SMILES string of the molecule is O=C(/C=C/C(=O)OCC(=O)N1CCOC(=O)C1)OCC(=O)N1CCOC(=O)C1. The standard InChI is InChI=1S/C16H18N2O10/c19-11(17-3-5-25-15(23)7-17)9-27-13(21)1-2-14(22)28-10-12(20)18-4-6-26-16(24)8-18/h1-2H,3-10H2/b2-1+. The number of morpholine rings is 2. The number of carbonyl (C=O) groups excluding carboxylic acids is 6. The predicted octanol–water partition coefficient (Wildman–Crippen LogP) is -2.60. The van der Waals surface area contributed by atoms with Crippen LogP contribution >= 0.6 is 0 Å². The molecule has 152 valence electrons. The zero-order valence-electron chi connectivity index (χ0n) is 14.8. The van der Waals surface area contributed by atoms with E-state index in [0.29, 0.717) is 0 Å². The highest BCUT2D eigenvalue weighted by atomic mass is 16.6. The van der Waals surface area contributed by atoms with Crippen molar-refractivity contribution in [3.05, 3.63) is 12.2 Å². The number of carbonyl (C=O) groups is 6. The Morgan fingerprint density at radius 3 is 1.54 bits per heavy atom. The number of esters is 4. The van der Waals surface area contributed by atoms with Crippen LogP contribution in [0.4, 0.5) is 0 Å². The lowest BCUT2D eigenvalue weighted by molar-refractivity contribution is -0.160. The van der Waals surface area contributed by atoms with Crippen LogP contribution in [0.15, 0.2) is 12.2 Å². The van der Waals surface area contributed by atoms with Crippen molar-refractivity contribution in [2.75, 3.05) is 52.6 Å². The highest BCUT2D eigenvalue weighted by Crippen LogP contribution is 2.01. The van der Waals surface area contributed by atoms with Crippen molar-refractivity contribution in [2.45, 2.75) is 0 Å². The van der Waals surface area contributed by atoms with E-state index < -0.39 is 48.9 Å². The topological polar surface area (TPSA) is 146 Å². The maximum absolute atomic E-state index is 11.8. The fourth-order valence-corrected chi connectivity index (χ4v) is 2.21. The Morgan fingerprint density at radius 2 is 1.18 bits per heavy atom. The average Bonchev–Trinajstić information content (AvgIpc) is 2.68. The lowest BCUT2D eigenvalue weighted by atomic mass is 10.4. The van der Waals surface area contributed by atoms with Gasteiger partial charge < -0.3 is 28.7 Å². The predicted molar refractivity (Wildman–Crippen MR) is 86.1 cm³/mol. The first-order valence-electron chi connectivity index (χ1n) is 8.23. The van der Waals surface area contributed by atoms with E-state index in [0.717, 1.165) is 12.2 Å². The monoisotopic (exact) mass is 398 g/mol. The molecule has 0 aromatic carbocycles. The third kappa shape index (κ3) is 6.70. The molecule has 0 bridgehead atoms. The molecule has 0 spiro atoms. The molecule has 28 heavy (non-hydrogen) atoms. The number of cyclic esters (lactones) is 2. The van der Waals surface area contributed by atoms with Crippen LogP contribution in [-0.4, -0.2) is 98.1 Å². The number of rotatable bonds is 6. The van der Waals surface area contributed by atoms with E-state index >= 15 is 0 Å². The van der Waals surface area contributed by atoms with Gasteiger partial charge in [0.15, 0.2) is 13.2 Å². The Balaban J connectivity index is 1.66. The van der Waals surface area contributed by atoms with Gasteiger partial charge in [-0.25, -0.2) is 9.59 Å². The van der Waals surface area contributed by atoms with Crippen LogP contribution in [0.1, 0.15) is 0 Å². The molecule has 2 fully saturated rings. The first-order valence-corrected chi connectivity index (χ1v) is 8.23. The molecule has 0 radical (unpaired) electrons. The molecule has 0 aromatic rings. The maximum atomic E-state index is 11.8. The second-order valence-electron chi connectivity index (χ2n) is 5.62. The third-order valence-corrected chi connectivity index (χ3v) is 3.63. The summed E-state index contributed by atoms with van der Waals surface area (Å²) in [5, 5.41) is 0. The molecule has 2 amide bonds. The Labute approximate surface area is 158 Å². The van der Waals surface area contributed by atoms with Gasteiger partial charge in [0.1, 0.15) is 26.3 Å². The number of amides is 2. The van der Waals surface area contributed by atoms with Crippen molar-refractivity contribution in [3.63, 3.8) is 0 Å². The molecule has 2 aliphatic heterocycles. The van der Waals surface area contributed by atoms with E-state index in [1.54, 1.807) is 0 Å². The van der Waals surface area contributed by atoms with Crippen LogP contribution in [0, 0.1) is 0 Å². The number of hydrogen-bond acceptors (Lipinski definition) is 10. The smallest absolute Gasteiger partial charge is 0.331 e. The normalized spacial score (nSPS) is 17.0. The van der Waals surface area contributed by atoms with Gasteiger partial charge in [0, 0.05) is 12.2 Å². The van der Waals surface area contributed by atoms with E-state index in [-0.39, 0.29) is 39.4 Å². The highest BCUT2D eigenvalue weighted by molar-refractivity contribution is 5.94. The van der Waals surface area contributed by atoms with Crippen molar-refractivity contribution >= 4 is 35.7 Å². The number of nitrogens with zero attached hydrogens (tertiary/aromatic N) is 2. The molecule has 12 heteroatoms. The van der Waals surface area contributed by atoms with Crippen LogP contribution in [0.25, 0.3) is 0 Å². The van der Waals surface area contributed by atoms with Crippen molar-refractivity contribution in [1.82, 2.24) is 9.80 Å². The first-order chi connectivity index (χ1) is 13.3. The summed E-state index contributed by atoms with van der Waals surface area (Å²) in [5.74, 6) is -4.21. The van der Waals surface area contributed by atoms with Crippen LogP contribution in [-0.2, 0) is 47.7 Å². The van der Waals surface area contributed by atoms with Crippen molar-refractivity contribution < 1.29 is 47.7 Å². The van der Waals surface area contributed by atoms with Gasteiger partial charge in [0.2, 0.25) is 0 Å². The minimum absolute atomic E-state index is 0.0710. The Bertz CT molecular complexity index is 644. The molecule has 0 N–H and O–H groups in total. The van der Waals surface area contributed by atoms with Gasteiger partial charge in [-0.05, 0) is 0 Å². The quantitative estimate of drug-likeness (QED) is 0.265. The van der Waals surface area contributed by atoms with E-state index in [2.05, 4.69) is 18.9 Å². The van der Waals surface area contributed by atoms with Gasteiger partial charge in [0.05, 0.1) is 13.1 Å². The van der Waals surface area contributed by atoms with Crippen LogP contribution in [0.5, 0.6) is 0 Å². The largest absolute Gasteiger partial charge is 0.462 e. The summed E-state index contributed by atoms with van der Waals surface area (Å²) in [4.78, 5) is 71.1. The Morgan fingerprint density at radius 1 is 0.786 bits per heavy atom. The summed E-state index contributed by atoms with van der Waals surface area (Å²) >= 11 is 0. The van der Waals surface area contributed by atoms with Gasteiger partial charge in [-0.1, -0.05) is 0 Å². The molecule has 0 unspecified atom stereocenters. The van der Waals surface area contributed by atoms with E-state index in [1.807, 2.05) is 0 Å². The summed E-state index contributed by atoms with van der Waals surface area (Å²) in [6, 6.07) is 0. The van der Waals surface area contributed by atoms with Crippen molar-refractivity contribution in [2.24, 2.45) is 0 Å². The summed E-state index contributed by atoms with van der Waals surface area (Å²) in [6.45, 7) is -1.10. The molecule has 2 heterocycles. The van der Waals surface area contributed by atoms with E-state index in [9.17, 15) is 28.8 Å². The molecule has 0 aliphatic carbocycles. The number of ether oxygens (including phenoxy) is 4. The molecule has 0 saturated carbocycles. The van der Waals surface area contributed by atoms with Crippen molar-refractivity contribution in [3.8, 4) is 0 Å². The molecule has 2 saturated heterocycles. The molecule has 2 rings (SSSR count). The number of hydrogen-bond donors (Lipinski definition) is 0. The Kier molecular flexibility index (Phi) is 7.48. The Hall–Kier alpha value is -3.44. The summed E-state index contributed by atoms with van der Waals surface area (Å²) in [5.41, 5.74) is 0. The molecular weight excluding hydrogens is 380 g/mol. The van der Waals surface area contributed by atoms with Crippen molar-refractivity contribution in [1.29, 1.82) is 0 Å². The fraction of sp³-hybridized carbons (Fsp3) is 0.500. The zero-order chi connectivity index (χ0) is 20.5. The second kappa shape index (κ2) is 10.0. The van der Waals surface area contributed by atoms with E-state index in [4.69, 9.17) is 0 Å². The summed E-state index contributed by atoms with van der Waals surface area (Å²) in [6.07, 6.45) is 1.48. The van der Waals surface area contributed by atoms with Gasteiger partial charge in [-0.15, -0.1) is 0 Å². The average molecular weight is 398 g/mol. The van der Waals surface area contributed by atoms with Gasteiger partial charge >= 0.3 is 23.9 Å².